The molecule has 0 heterocycles. The Hall–Kier alpha value is -0.110. The van der Waals surface area contributed by atoms with Gasteiger partial charge < -0.3 is 27.5 Å². The summed E-state index contributed by atoms with van der Waals surface area (Å²) in [6.45, 7) is 4.25. The molecule has 0 amide bonds. The van der Waals surface area contributed by atoms with E-state index in [1.165, 1.54) is 0 Å². The van der Waals surface area contributed by atoms with Gasteiger partial charge in [-0.2, -0.15) is 0 Å². The molecule has 0 aliphatic rings. The van der Waals surface area contributed by atoms with Crippen molar-refractivity contribution < 1.29 is 16.1 Å². The predicted octanol–water partition coefficient (Wildman–Crippen LogP) is -0.564. The standard InChI is InChI=1S/C9H21N3O.2ClH.2H2O/c1-7(13)9(11)5-3-4-6-12-8(2)10;;;;/h7,9,13H,3-6,11H2,1-2H3,(H2,10,12);2*1H;2*1H2/t7?,9-;;;;/m0..../s1. The molecule has 2 atom stereocenters. The smallest absolute Gasteiger partial charge is 0.0905 e. The van der Waals surface area contributed by atoms with E-state index in [1.807, 2.05) is 0 Å². The van der Waals surface area contributed by atoms with Gasteiger partial charge >= 0.3 is 0 Å². The number of hydrogen-bond donors (Lipinski definition) is 3. The lowest BCUT2D eigenvalue weighted by Gasteiger charge is -2.13. The van der Waals surface area contributed by atoms with Gasteiger partial charge in [0.05, 0.1) is 11.9 Å². The minimum absolute atomic E-state index is 0. The number of amidine groups is 1. The molecule has 0 radical (unpaired) electrons. The van der Waals surface area contributed by atoms with Crippen LogP contribution in [0.4, 0.5) is 0 Å². The zero-order chi connectivity index (χ0) is 10.3. The molecule has 0 saturated carbocycles. The summed E-state index contributed by atoms with van der Waals surface area (Å²) < 4.78 is 0. The average molecular weight is 296 g/mol. The van der Waals surface area contributed by atoms with E-state index in [1.54, 1.807) is 13.8 Å². The molecule has 8 heteroatoms. The first-order chi connectivity index (χ1) is 6.04. The van der Waals surface area contributed by atoms with Gasteiger partial charge in [-0.25, -0.2) is 0 Å². The SMILES string of the molecule is CC(N)=NCCCC[C@H](N)C(C)O.Cl.Cl.O.O. The fourth-order valence-corrected chi connectivity index (χ4v) is 0.988. The largest absolute Gasteiger partial charge is 0.412 e. The van der Waals surface area contributed by atoms with Crippen LogP contribution in [0.5, 0.6) is 0 Å². The molecular formula is C9H27Cl2N3O3. The van der Waals surface area contributed by atoms with Gasteiger partial charge in [-0.1, -0.05) is 0 Å². The van der Waals surface area contributed by atoms with E-state index in [2.05, 4.69) is 4.99 Å². The van der Waals surface area contributed by atoms with Crippen LogP contribution in [-0.2, 0) is 0 Å². The minimum Gasteiger partial charge on any atom is -0.412 e. The molecule has 6 nitrogen and oxygen atoms in total. The third-order valence-corrected chi connectivity index (χ3v) is 1.93. The Labute approximate surface area is 115 Å². The zero-order valence-electron chi connectivity index (χ0n) is 10.3. The van der Waals surface area contributed by atoms with Crippen molar-refractivity contribution in [1.82, 2.24) is 0 Å². The molecule has 0 saturated heterocycles. The summed E-state index contributed by atoms with van der Waals surface area (Å²) >= 11 is 0. The van der Waals surface area contributed by atoms with Gasteiger partial charge in [-0.05, 0) is 33.1 Å². The Kier molecular flexibility index (Phi) is 32.4. The van der Waals surface area contributed by atoms with Crippen molar-refractivity contribution in [3.05, 3.63) is 0 Å². The lowest BCUT2D eigenvalue weighted by atomic mass is 10.1. The number of hydrogen-bond acceptors (Lipinski definition) is 3. The Bertz CT molecular complexity index is 168. The van der Waals surface area contributed by atoms with Crippen molar-refractivity contribution >= 4 is 30.6 Å². The lowest BCUT2D eigenvalue weighted by Crippen LogP contribution is -2.32. The lowest BCUT2D eigenvalue weighted by molar-refractivity contribution is 0.158. The van der Waals surface area contributed by atoms with Gasteiger partial charge in [0, 0.05) is 12.6 Å². The first kappa shape index (κ1) is 30.2. The number of aliphatic hydroxyl groups is 1. The zero-order valence-corrected chi connectivity index (χ0v) is 12.0. The summed E-state index contributed by atoms with van der Waals surface area (Å²) in [5.74, 6) is 0.625. The Balaban J connectivity index is -0.000000120. The third-order valence-electron chi connectivity index (χ3n) is 1.93. The monoisotopic (exact) mass is 295 g/mol. The average Bonchev–Trinajstić information content (AvgIpc) is 2.02. The van der Waals surface area contributed by atoms with Crippen molar-refractivity contribution in [2.24, 2.45) is 16.5 Å². The summed E-state index contributed by atoms with van der Waals surface area (Å²) in [6.07, 6.45) is 2.40. The molecule has 0 fully saturated rings. The van der Waals surface area contributed by atoms with Gasteiger partial charge in [0.25, 0.3) is 0 Å². The first-order valence-corrected chi connectivity index (χ1v) is 4.74. The molecule has 0 aromatic carbocycles. The molecule has 0 spiro atoms. The van der Waals surface area contributed by atoms with Crippen molar-refractivity contribution in [2.75, 3.05) is 6.54 Å². The maximum absolute atomic E-state index is 9.09. The second-order valence-corrected chi connectivity index (χ2v) is 3.42. The molecule has 0 aliphatic carbocycles. The summed E-state index contributed by atoms with van der Waals surface area (Å²) in [7, 11) is 0. The summed E-state index contributed by atoms with van der Waals surface area (Å²) in [6, 6.07) is -0.108. The van der Waals surface area contributed by atoms with Gasteiger partial charge in [-0.3, -0.25) is 4.99 Å². The van der Waals surface area contributed by atoms with E-state index < -0.39 is 6.10 Å². The maximum atomic E-state index is 9.09. The molecule has 0 aromatic rings. The molecule has 0 bridgehead atoms. The van der Waals surface area contributed by atoms with E-state index in [4.69, 9.17) is 16.6 Å². The highest BCUT2D eigenvalue weighted by Crippen LogP contribution is 2.02. The van der Waals surface area contributed by atoms with Crippen LogP contribution in [0.25, 0.3) is 0 Å². The fraction of sp³-hybridized carbons (Fsp3) is 0.889. The molecule has 110 valence electrons. The Morgan fingerprint density at radius 1 is 1.24 bits per heavy atom. The van der Waals surface area contributed by atoms with E-state index in [-0.39, 0.29) is 41.8 Å². The highest BCUT2D eigenvalue weighted by atomic mass is 35.5. The second kappa shape index (κ2) is 18.3. The highest BCUT2D eigenvalue weighted by Gasteiger charge is 2.07. The van der Waals surface area contributed by atoms with Gasteiger partial charge in [0.15, 0.2) is 0 Å². The van der Waals surface area contributed by atoms with Crippen molar-refractivity contribution in [3.8, 4) is 0 Å². The van der Waals surface area contributed by atoms with Crippen LogP contribution in [0.3, 0.4) is 0 Å². The molecule has 17 heavy (non-hydrogen) atoms. The van der Waals surface area contributed by atoms with E-state index in [9.17, 15) is 0 Å². The Morgan fingerprint density at radius 2 is 1.71 bits per heavy atom. The molecular weight excluding hydrogens is 269 g/mol. The van der Waals surface area contributed by atoms with Crippen LogP contribution in [0.15, 0.2) is 4.99 Å². The number of rotatable bonds is 6. The van der Waals surface area contributed by atoms with Crippen LogP contribution in [0.1, 0.15) is 33.1 Å². The molecule has 0 aromatic heterocycles. The maximum Gasteiger partial charge on any atom is 0.0905 e. The molecule has 9 N–H and O–H groups in total. The summed E-state index contributed by atoms with van der Waals surface area (Å²) in [5, 5.41) is 9.09. The van der Waals surface area contributed by atoms with Crippen LogP contribution >= 0.6 is 24.8 Å². The van der Waals surface area contributed by atoms with Crippen LogP contribution in [-0.4, -0.2) is 40.6 Å². The van der Waals surface area contributed by atoms with Crippen LogP contribution in [0.2, 0.25) is 0 Å². The molecule has 0 aliphatic heterocycles. The minimum atomic E-state index is -0.417. The van der Waals surface area contributed by atoms with Gasteiger partial charge in [0.2, 0.25) is 0 Å². The number of aliphatic imine (C=N–C) groups is 1. The molecule has 1 unspecified atom stereocenters. The van der Waals surface area contributed by atoms with E-state index in [0.717, 1.165) is 25.8 Å². The number of halogens is 2. The first-order valence-electron chi connectivity index (χ1n) is 4.74. The summed E-state index contributed by atoms with van der Waals surface area (Å²) in [5.41, 5.74) is 11.0. The second-order valence-electron chi connectivity index (χ2n) is 3.42. The number of nitrogens with zero attached hydrogens (tertiary/aromatic N) is 1. The van der Waals surface area contributed by atoms with Gasteiger partial charge in [0.1, 0.15) is 0 Å². The highest BCUT2D eigenvalue weighted by molar-refractivity contribution is 5.85. The fourth-order valence-electron chi connectivity index (χ4n) is 0.988. The topological polar surface area (TPSA) is 148 Å². The van der Waals surface area contributed by atoms with Crippen molar-refractivity contribution in [2.45, 2.75) is 45.3 Å². The quantitative estimate of drug-likeness (QED) is 0.342. The number of aliphatic hydroxyl groups excluding tert-OH is 1. The van der Waals surface area contributed by atoms with Crippen LogP contribution < -0.4 is 11.5 Å². The molecule has 0 rings (SSSR count). The van der Waals surface area contributed by atoms with Gasteiger partial charge in [-0.15, -0.1) is 24.8 Å². The number of unbranched alkanes of at least 4 members (excludes halogenated alkanes) is 1. The van der Waals surface area contributed by atoms with Crippen LogP contribution in [0, 0.1) is 0 Å². The third kappa shape index (κ3) is 21.7. The predicted molar refractivity (Wildman–Crippen MR) is 77.4 cm³/mol. The van der Waals surface area contributed by atoms with Crippen molar-refractivity contribution in [3.63, 3.8) is 0 Å². The van der Waals surface area contributed by atoms with E-state index in [0.29, 0.717) is 5.84 Å². The Morgan fingerprint density at radius 3 is 2.06 bits per heavy atom. The van der Waals surface area contributed by atoms with Crippen molar-refractivity contribution in [1.29, 1.82) is 0 Å². The normalized spacial score (nSPS) is 13.1. The number of nitrogens with two attached hydrogens (primary N) is 2. The van der Waals surface area contributed by atoms with E-state index >= 15 is 0 Å². The summed E-state index contributed by atoms with van der Waals surface area (Å²) in [4.78, 5) is 4.06.